The number of methoxy groups -OCH3 is 2. The van der Waals surface area contributed by atoms with Gasteiger partial charge >= 0.3 is 0 Å². The molecule has 0 atom stereocenters. The van der Waals surface area contributed by atoms with Gasteiger partial charge in [0.25, 0.3) is 0 Å². The van der Waals surface area contributed by atoms with Crippen LogP contribution in [0.2, 0.25) is 0 Å². The standard InChI is InChI=1S/C5H12.C5H10.C5H8.C4H10O.C3H8O.6CH4/c3*1-3-5-4-2;1-3-4-5-2;1-3-4-2;;;;;;/h3-5H2,1-2H3;3,5H,4H2,1-2H3;3H2,1-2H3;3-4H2,1-2H3;3H2,1-2H3;6*1H4. The van der Waals surface area contributed by atoms with Crippen molar-refractivity contribution in [2.75, 3.05) is 27.4 Å². The lowest BCUT2D eigenvalue weighted by molar-refractivity contribution is 0.199. The molecule has 0 heterocycles. The molecule has 0 rings (SSSR count). The average molecular weight is 441 g/mol. The molecule has 2 heteroatoms. The summed E-state index contributed by atoms with van der Waals surface area (Å²) < 4.78 is 9.23. The fraction of sp³-hybridized carbons (Fsp3) is 0.857. The molecule has 0 saturated carbocycles. The first-order chi connectivity index (χ1) is 11.6. The van der Waals surface area contributed by atoms with Crippen molar-refractivity contribution in [2.24, 2.45) is 0 Å². The maximum absolute atomic E-state index is 4.69. The van der Waals surface area contributed by atoms with Crippen molar-refractivity contribution in [3.8, 4) is 11.8 Å². The van der Waals surface area contributed by atoms with Gasteiger partial charge in [-0.25, -0.2) is 0 Å². The smallest absolute Gasteiger partial charge is 0.0459 e. The van der Waals surface area contributed by atoms with Crippen LogP contribution in [0.5, 0.6) is 0 Å². The van der Waals surface area contributed by atoms with Gasteiger partial charge in [0, 0.05) is 33.9 Å². The zero-order valence-electron chi connectivity index (χ0n) is 18.6. The van der Waals surface area contributed by atoms with Gasteiger partial charge in [-0.15, -0.1) is 11.8 Å². The van der Waals surface area contributed by atoms with Gasteiger partial charge in [0.2, 0.25) is 0 Å². The van der Waals surface area contributed by atoms with Crippen molar-refractivity contribution in [1.29, 1.82) is 0 Å². The Bertz CT molecular complexity index is 200. The van der Waals surface area contributed by atoms with E-state index in [2.05, 4.69) is 56.4 Å². The monoisotopic (exact) mass is 441 g/mol. The van der Waals surface area contributed by atoms with Crippen LogP contribution in [0.3, 0.4) is 0 Å². The molecule has 0 N–H and O–H groups in total. The summed E-state index contributed by atoms with van der Waals surface area (Å²) in [5.41, 5.74) is 0. The lowest BCUT2D eigenvalue weighted by Crippen LogP contribution is -1.80. The fourth-order valence-corrected chi connectivity index (χ4v) is 0.970. The van der Waals surface area contributed by atoms with Crippen LogP contribution in [0.15, 0.2) is 12.2 Å². The van der Waals surface area contributed by atoms with Crippen LogP contribution < -0.4 is 0 Å². The van der Waals surface area contributed by atoms with Crippen LogP contribution in [0.25, 0.3) is 0 Å². The minimum absolute atomic E-state index is 0. The van der Waals surface area contributed by atoms with Crippen LogP contribution in [-0.2, 0) is 9.47 Å². The topological polar surface area (TPSA) is 18.5 Å². The zero-order valence-corrected chi connectivity index (χ0v) is 18.6. The summed E-state index contributed by atoms with van der Waals surface area (Å²) in [6.07, 6.45) is 11.5. The van der Waals surface area contributed by atoms with E-state index in [1.807, 2.05) is 27.7 Å². The molecule has 0 aliphatic rings. The second-order valence-corrected chi connectivity index (χ2v) is 4.68. The van der Waals surface area contributed by atoms with Crippen molar-refractivity contribution in [3.63, 3.8) is 0 Å². The third-order valence-electron chi connectivity index (χ3n) is 2.23. The number of hydrogen-bond donors (Lipinski definition) is 0. The Balaban J connectivity index is -0.0000000159. The van der Waals surface area contributed by atoms with Crippen LogP contribution in [0.1, 0.15) is 138 Å². The van der Waals surface area contributed by atoms with Crippen LogP contribution >= 0.6 is 0 Å². The number of rotatable bonds is 6. The molecule has 0 radical (unpaired) electrons. The molecule has 2 nitrogen and oxygen atoms in total. The van der Waals surface area contributed by atoms with Crippen molar-refractivity contribution in [3.05, 3.63) is 12.2 Å². The van der Waals surface area contributed by atoms with Gasteiger partial charge in [0.05, 0.1) is 0 Å². The quantitative estimate of drug-likeness (QED) is 0.302. The fourth-order valence-electron chi connectivity index (χ4n) is 0.970. The Kier molecular flexibility index (Phi) is 280. The van der Waals surface area contributed by atoms with Crippen molar-refractivity contribution >= 4 is 0 Å². The van der Waals surface area contributed by atoms with Crippen molar-refractivity contribution in [1.82, 2.24) is 0 Å². The van der Waals surface area contributed by atoms with Gasteiger partial charge in [0.15, 0.2) is 0 Å². The second kappa shape index (κ2) is 120. The molecule has 0 aromatic rings. The Morgan fingerprint density at radius 1 is 0.700 bits per heavy atom. The lowest BCUT2D eigenvalue weighted by atomic mass is 10.3. The van der Waals surface area contributed by atoms with Gasteiger partial charge in [-0.1, -0.05) is 111 Å². The van der Waals surface area contributed by atoms with E-state index in [-0.39, 0.29) is 44.6 Å². The molecule has 0 aromatic carbocycles. The first-order valence-electron chi connectivity index (χ1n) is 9.56. The van der Waals surface area contributed by atoms with E-state index in [4.69, 9.17) is 4.74 Å². The molecule has 0 aliphatic carbocycles. The predicted octanol–water partition coefficient (Wildman–Crippen LogP) is 11.1. The summed E-state index contributed by atoms with van der Waals surface area (Å²) in [6, 6.07) is 0. The first-order valence-corrected chi connectivity index (χ1v) is 9.56. The molecular formula is C28H72O2. The van der Waals surface area contributed by atoms with Gasteiger partial charge in [-0.3, -0.25) is 0 Å². The number of ether oxygens (including phenoxy) is 2. The van der Waals surface area contributed by atoms with E-state index in [1.54, 1.807) is 14.2 Å². The third kappa shape index (κ3) is 277. The zero-order chi connectivity index (χ0) is 19.9. The molecule has 0 saturated heterocycles. The van der Waals surface area contributed by atoms with E-state index in [1.165, 1.54) is 19.3 Å². The largest absolute Gasteiger partial charge is 0.385 e. The molecule has 0 unspecified atom stereocenters. The highest BCUT2D eigenvalue weighted by Crippen LogP contribution is 1.88. The molecule has 0 aliphatic heterocycles. The number of allylic oxidation sites excluding steroid dienone is 2. The molecule has 30 heavy (non-hydrogen) atoms. The van der Waals surface area contributed by atoms with Gasteiger partial charge in [0.1, 0.15) is 0 Å². The van der Waals surface area contributed by atoms with Gasteiger partial charge in [-0.2, -0.15) is 0 Å². The summed E-state index contributed by atoms with van der Waals surface area (Å²) in [5, 5.41) is 0. The number of hydrogen-bond acceptors (Lipinski definition) is 2. The SMILES string of the molecule is C.C.C.C.C.C.CC#CCC.CC=CCC.CCCCC.CCCOC.CCOC. The van der Waals surface area contributed by atoms with Gasteiger partial charge in [-0.05, 0) is 33.6 Å². The summed E-state index contributed by atoms with van der Waals surface area (Å²) >= 11 is 0. The maximum Gasteiger partial charge on any atom is 0.0459 e. The van der Waals surface area contributed by atoms with E-state index >= 15 is 0 Å². The molecule has 196 valence electrons. The first kappa shape index (κ1) is 70.1. The average Bonchev–Trinajstić information content (AvgIpc) is 2.60. The predicted molar refractivity (Wildman–Crippen MR) is 154 cm³/mol. The minimum atomic E-state index is 0. The highest BCUT2D eigenvalue weighted by Gasteiger charge is 1.68. The summed E-state index contributed by atoms with van der Waals surface area (Å²) in [5.74, 6) is 5.63. The van der Waals surface area contributed by atoms with Gasteiger partial charge < -0.3 is 9.47 Å². The molecule has 0 fully saturated rings. The molecular weight excluding hydrogens is 368 g/mol. The van der Waals surface area contributed by atoms with E-state index in [0.29, 0.717) is 0 Å². The van der Waals surface area contributed by atoms with Crippen LogP contribution in [0.4, 0.5) is 0 Å². The van der Waals surface area contributed by atoms with Crippen LogP contribution in [0, 0.1) is 11.8 Å². The Hall–Kier alpha value is -0.780. The van der Waals surface area contributed by atoms with Crippen molar-refractivity contribution in [2.45, 2.75) is 138 Å². The Labute approximate surface area is 199 Å². The molecule has 0 aromatic heterocycles. The summed E-state index contributed by atoms with van der Waals surface area (Å²) in [4.78, 5) is 0. The second-order valence-electron chi connectivity index (χ2n) is 4.68. The molecule has 0 spiro atoms. The Morgan fingerprint density at radius 3 is 1.10 bits per heavy atom. The third-order valence-corrected chi connectivity index (χ3v) is 2.23. The molecule has 0 bridgehead atoms. The lowest BCUT2D eigenvalue weighted by Gasteiger charge is -1.84. The number of unbranched alkanes of at least 4 members (excludes halogenated alkanes) is 2. The highest BCUT2D eigenvalue weighted by atomic mass is 16.5. The normalized spacial score (nSPS) is 6.33. The molecule has 0 amide bonds. The van der Waals surface area contributed by atoms with Crippen LogP contribution in [-0.4, -0.2) is 27.4 Å². The Morgan fingerprint density at radius 2 is 1.10 bits per heavy atom. The van der Waals surface area contributed by atoms with E-state index < -0.39 is 0 Å². The summed E-state index contributed by atoms with van der Waals surface area (Å²) in [7, 11) is 3.39. The summed E-state index contributed by atoms with van der Waals surface area (Å²) in [6.45, 7) is 18.2. The van der Waals surface area contributed by atoms with Crippen molar-refractivity contribution < 1.29 is 9.47 Å². The minimum Gasteiger partial charge on any atom is -0.385 e. The van der Waals surface area contributed by atoms with E-state index in [0.717, 1.165) is 32.5 Å². The van der Waals surface area contributed by atoms with E-state index in [9.17, 15) is 0 Å². The highest BCUT2D eigenvalue weighted by molar-refractivity contribution is 4.92. The maximum atomic E-state index is 4.69.